The smallest absolute Gasteiger partial charge is 0.261 e. The quantitative estimate of drug-likeness (QED) is 0.722. The van der Waals surface area contributed by atoms with Crippen LogP contribution in [0.25, 0.3) is 0 Å². The van der Waals surface area contributed by atoms with Gasteiger partial charge in [-0.2, -0.15) is 0 Å². The predicted octanol–water partition coefficient (Wildman–Crippen LogP) is 3.35. The number of carbonyl (C=O) groups excluding carboxylic acids is 1. The second-order valence-corrected chi connectivity index (χ2v) is 9.46. The molecule has 6 nitrogen and oxygen atoms in total. The summed E-state index contributed by atoms with van der Waals surface area (Å²) in [6.07, 6.45) is 0.825. The van der Waals surface area contributed by atoms with E-state index in [2.05, 4.69) is 21.9 Å². The third-order valence-corrected chi connectivity index (χ3v) is 6.30. The number of nitrogens with one attached hydrogen (secondary N) is 2. The van der Waals surface area contributed by atoms with Gasteiger partial charge in [0.2, 0.25) is 0 Å². The van der Waals surface area contributed by atoms with Crippen LogP contribution in [0.15, 0.2) is 47.4 Å². The summed E-state index contributed by atoms with van der Waals surface area (Å²) in [5.74, 6) is -0.416. The van der Waals surface area contributed by atoms with E-state index < -0.39 is 28.1 Å². The monoisotopic (exact) mass is 419 g/mol. The van der Waals surface area contributed by atoms with Gasteiger partial charge < -0.3 is 10.2 Å². The van der Waals surface area contributed by atoms with Crippen LogP contribution in [0.5, 0.6) is 0 Å². The molecule has 0 bridgehead atoms. The molecule has 0 radical (unpaired) electrons. The molecule has 2 aromatic rings. The van der Waals surface area contributed by atoms with Crippen LogP contribution in [0.2, 0.25) is 0 Å². The Hall–Kier alpha value is -2.61. The van der Waals surface area contributed by atoms with Gasteiger partial charge in [0.15, 0.2) is 0 Å². The van der Waals surface area contributed by atoms with Crippen molar-refractivity contribution in [3.8, 4) is 0 Å². The molecular weight excluding hydrogens is 393 g/mol. The van der Waals surface area contributed by atoms with Crippen molar-refractivity contribution in [2.24, 2.45) is 0 Å². The first kappa shape index (κ1) is 21.1. The molecule has 1 amide bonds. The van der Waals surface area contributed by atoms with Crippen molar-refractivity contribution in [1.29, 1.82) is 0 Å². The fourth-order valence-corrected chi connectivity index (χ4v) is 4.37. The highest BCUT2D eigenvalue weighted by Gasteiger charge is 2.23. The van der Waals surface area contributed by atoms with Crippen LogP contribution in [0.4, 0.5) is 15.8 Å². The molecule has 0 spiro atoms. The highest BCUT2D eigenvalue weighted by molar-refractivity contribution is 7.92. The average Bonchev–Trinajstić information content (AvgIpc) is 3.10. The van der Waals surface area contributed by atoms with Crippen LogP contribution in [-0.2, 0) is 16.4 Å². The largest absolute Gasteiger partial charge is 0.371 e. The summed E-state index contributed by atoms with van der Waals surface area (Å²) >= 11 is 0. The van der Waals surface area contributed by atoms with Crippen molar-refractivity contribution in [3.63, 3.8) is 0 Å². The molecule has 3 rings (SSSR count). The lowest BCUT2D eigenvalue weighted by molar-refractivity contribution is 0.0899. The van der Waals surface area contributed by atoms with Gasteiger partial charge in [0, 0.05) is 30.0 Å². The Kier molecular flexibility index (Phi) is 5.84. The number of alkyl halides is 1. The molecule has 0 aromatic heterocycles. The maximum absolute atomic E-state index is 12.9. The van der Waals surface area contributed by atoms with E-state index in [1.807, 2.05) is 6.07 Å². The molecule has 8 heteroatoms. The zero-order valence-electron chi connectivity index (χ0n) is 16.8. The van der Waals surface area contributed by atoms with Gasteiger partial charge in [0.25, 0.3) is 15.9 Å². The number of hydrogen-bond donors (Lipinski definition) is 2. The number of rotatable bonds is 7. The van der Waals surface area contributed by atoms with Crippen LogP contribution < -0.4 is 14.9 Å². The number of anilines is 2. The lowest BCUT2D eigenvalue weighted by atomic mass is 10.1. The molecule has 2 aromatic carbocycles. The van der Waals surface area contributed by atoms with Crippen molar-refractivity contribution in [3.05, 3.63) is 53.6 Å². The summed E-state index contributed by atoms with van der Waals surface area (Å²) < 4.78 is 40.9. The summed E-state index contributed by atoms with van der Waals surface area (Å²) in [6, 6.07) is 11.2. The maximum atomic E-state index is 12.9. The second kappa shape index (κ2) is 8.02. The highest BCUT2D eigenvalue weighted by atomic mass is 32.2. The predicted molar refractivity (Wildman–Crippen MR) is 113 cm³/mol. The summed E-state index contributed by atoms with van der Waals surface area (Å²) in [4.78, 5) is 14.6. The number of amides is 1. The van der Waals surface area contributed by atoms with E-state index in [4.69, 9.17) is 0 Å². The lowest BCUT2D eigenvalue weighted by Gasteiger charge is -2.22. The van der Waals surface area contributed by atoms with Gasteiger partial charge in [-0.25, -0.2) is 12.8 Å². The number of hydrogen-bond acceptors (Lipinski definition) is 4. The SMILES string of the molecule is CCN1CCc2cc(S(=O)(=O)Nc3ccc(C(=O)NC(C)(C)CF)cc3)ccc21. The molecular formula is C21H26FN3O3S. The first-order chi connectivity index (χ1) is 13.6. The molecule has 0 fully saturated rings. The van der Waals surface area contributed by atoms with E-state index >= 15 is 0 Å². The zero-order valence-corrected chi connectivity index (χ0v) is 17.6. The number of likely N-dealkylation sites (N-methyl/N-ethyl adjacent to an activating group) is 1. The molecule has 2 N–H and O–H groups in total. The van der Waals surface area contributed by atoms with Gasteiger partial charge >= 0.3 is 0 Å². The van der Waals surface area contributed by atoms with E-state index in [0.29, 0.717) is 11.3 Å². The molecule has 1 aliphatic heterocycles. The molecule has 0 saturated carbocycles. The van der Waals surface area contributed by atoms with Crippen molar-refractivity contribution in [1.82, 2.24) is 5.32 Å². The Morgan fingerprint density at radius 3 is 2.48 bits per heavy atom. The van der Waals surface area contributed by atoms with E-state index in [9.17, 15) is 17.6 Å². The Balaban J connectivity index is 1.74. The van der Waals surface area contributed by atoms with E-state index in [0.717, 1.165) is 30.8 Å². The van der Waals surface area contributed by atoms with Crippen LogP contribution in [-0.4, -0.2) is 39.6 Å². The van der Waals surface area contributed by atoms with Crippen molar-refractivity contribution < 1.29 is 17.6 Å². The number of halogens is 1. The van der Waals surface area contributed by atoms with E-state index in [1.165, 1.54) is 24.3 Å². The highest BCUT2D eigenvalue weighted by Crippen LogP contribution is 2.30. The van der Waals surface area contributed by atoms with Crippen molar-refractivity contribution >= 4 is 27.3 Å². The molecule has 1 heterocycles. The van der Waals surface area contributed by atoms with Crippen LogP contribution in [0.1, 0.15) is 36.7 Å². The van der Waals surface area contributed by atoms with E-state index in [1.54, 1.807) is 26.0 Å². The Labute approximate surface area is 171 Å². The molecule has 29 heavy (non-hydrogen) atoms. The fourth-order valence-electron chi connectivity index (χ4n) is 3.26. The minimum Gasteiger partial charge on any atom is -0.371 e. The summed E-state index contributed by atoms with van der Waals surface area (Å²) in [5, 5.41) is 2.59. The molecule has 0 unspecified atom stereocenters. The maximum Gasteiger partial charge on any atom is 0.261 e. The topological polar surface area (TPSA) is 78.5 Å². The fraction of sp³-hybridized carbons (Fsp3) is 0.381. The van der Waals surface area contributed by atoms with Gasteiger partial charge in [0.1, 0.15) is 6.67 Å². The van der Waals surface area contributed by atoms with Gasteiger partial charge in [-0.15, -0.1) is 0 Å². The third kappa shape index (κ3) is 4.70. The Morgan fingerprint density at radius 2 is 1.86 bits per heavy atom. The third-order valence-electron chi connectivity index (χ3n) is 4.92. The minimum absolute atomic E-state index is 0.209. The molecule has 156 valence electrons. The number of benzene rings is 2. The Morgan fingerprint density at radius 1 is 1.17 bits per heavy atom. The number of carbonyl (C=O) groups is 1. The first-order valence-electron chi connectivity index (χ1n) is 9.54. The van der Waals surface area contributed by atoms with Crippen molar-refractivity contribution in [2.45, 2.75) is 37.6 Å². The van der Waals surface area contributed by atoms with Crippen LogP contribution in [0, 0.1) is 0 Å². The second-order valence-electron chi connectivity index (χ2n) is 7.77. The van der Waals surface area contributed by atoms with Crippen LogP contribution >= 0.6 is 0 Å². The molecule has 0 atom stereocenters. The molecule has 0 saturated heterocycles. The Bertz CT molecular complexity index is 1000. The average molecular weight is 420 g/mol. The molecule has 0 aliphatic carbocycles. The standard InChI is InChI=1S/C21H26FN3O3S/c1-4-25-12-11-16-13-18(9-10-19(16)25)29(27,28)24-17-7-5-15(6-8-17)20(26)23-21(2,3)14-22/h5-10,13,24H,4,11-12,14H2,1-3H3,(H,23,26). The summed E-state index contributed by atoms with van der Waals surface area (Å²) in [6.45, 7) is 6.34. The van der Waals surface area contributed by atoms with Gasteiger partial charge in [-0.1, -0.05) is 0 Å². The van der Waals surface area contributed by atoms with E-state index in [-0.39, 0.29) is 4.90 Å². The number of sulfonamides is 1. The summed E-state index contributed by atoms with van der Waals surface area (Å²) in [5.41, 5.74) is 1.82. The lowest BCUT2D eigenvalue weighted by Crippen LogP contribution is -2.45. The molecule has 1 aliphatic rings. The normalized spacial score (nSPS) is 13.9. The summed E-state index contributed by atoms with van der Waals surface area (Å²) in [7, 11) is -3.74. The van der Waals surface area contributed by atoms with Crippen LogP contribution in [0.3, 0.4) is 0 Å². The number of nitrogens with zero attached hydrogens (tertiary/aromatic N) is 1. The first-order valence-corrected chi connectivity index (χ1v) is 11.0. The number of fused-ring (bicyclic) bond motifs is 1. The zero-order chi connectivity index (χ0) is 21.2. The van der Waals surface area contributed by atoms with Gasteiger partial charge in [-0.05, 0) is 75.2 Å². The van der Waals surface area contributed by atoms with Crippen molar-refractivity contribution in [2.75, 3.05) is 29.4 Å². The van der Waals surface area contributed by atoms with Gasteiger partial charge in [-0.3, -0.25) is 9.52 Å². The van der Waals surface area contributed by atoms with Gasteiger partial charge in [0.05, 0.1) is 10.4 Å². The minimum atomic E-state index is -3.74.